The van der Waals surface area contributed by atoms with Crippen molar-refractivity contribution in [3.8, 4) is 0 Å². The van der Waals surface area contributed by atoms with E-state index in [9.17, 15) is 0 Å². The molecule has 0 saturated heterocycles. The van der Waals surface area contributed by atoms with Gasteiger partial charge in [-0.2, -0.15) is 0 Å². The van der Waals surface area contributed by atoms with E-state index in [1.54, 1.807) is 7.11 Å². The number of guanidine groups is 1. The van der Waals surface area contributed by atoms with Crippen LogP contribution in [0.1, 0.15) is 37.8 Å². The Balaban J connectivity index is 2.38. The van der Waals surface area contributed by atoms with E-state index in [1.807, 2.05) is 6.92 Å². The average molecular weight is 321 g/mol. The Morgan fingerprint density at radius 3 is 2.43 bits per heavy atom. The molecule has 0 amide bonds. The van der Waals surface area contributed by atoms with Gasteiger partial charge in [0, 0.05) is 33.4 Å². The summed E-state index contributed by atoms with van der Waals surface area (Å²) in [6, 6.07) is 8.37. The zero-order valence-electron chi connectivity index (χ0n) is 14.7. The van der Waals surface area contributed by atoms with Crippen LogP contribution in [0.4, 0.5) is 0 Å². The Morgan fingerprint density at radius 2 is 1.78 bits per heavy atom. The fourth-order valence-electron chi connectivity index (χ4n) is 2.10. The SMILES string of the molecule is CCNC(=NCc1ccc(COC)cc1)NCCCCOCC. The highest BCUT2D eigenvalue weighted by Gasteiger charge is 1.98. The maximum absolute atomic E-state index is 5.34. The highest BCUT2D eigenvalue weighted by atomic mass is 16.5. The van der Waals surface area contributed by atoms with Gasteiger partial charge in [0.2, 0.25) is 0 Å². The molecule has 5 nitrogen and oxygen atoms in total. The first-order valence-electron chi connectivity index (χ1n) is 8.46. The van der Waals surface area contributed by atoms with Crippen molar-refractivity contribution in [2.45, 2.75) is 39.8 Å². The topological polar surface area (TPSA) is 54.9 Å². The third-order valence-electron chi connectivity index (χ3n) is 3.31. The van der Waals surface area contributed by atoms with E-state index >= 15 is 0 Å². The molecule has 0 unspecified atom stereocenters. The standard InChI is InChI=1S/C18H31N3O2/c1-4-19-18(20-12-6-7-13-23-5-2)21-14-16-8-10-17(11-9-16)15-22-3/h8-11H,4-7,12-15H2,1-3H3,(H2,19,20,21). The highest BCUT2D eigenvalue weighted by molar-refractivity contribution is 5.79. The van der Waals surface area contributed by atoms with Crippen molar-refractivity contribution in [1.29, 1.82) is 0 Å². The summed E-state index contributed by atoms with van der Waals surface area (Å²) in [5, 5.41) is 6.64. The van der Waals surface area contributed by atoms with E-state index in [4.69, 9.17) is 9.47 Å². The number of benzene rings is 1. The van der Waals surface area contributed by atoms with E-state index in [2.05, 4.69) is 46.8 Å². The van der Waals surface area contributed by atoms with Crippen molar-refractivity contribution in [1.82, 2.24) is 10.6 Å². The molecule has 0 radical (unpaired) electrons. The van der Waals surface area contributed by atoms with Crippen LogP contribution in [0.3, 0.4) is 0 Å². The molecule has 0 aromatic heterocycles. The molecule has 1 rings (SSSR count). The normalized spacial score (nSPS) is 11.5. The fraction of sp³-hybridized carbons (Fsp3) is 0.611. The maximum Gasteiger partial charge on any atom is 0.191 e. The van der Waals surface area contributed by atoms with Crippen LogP contribution in [0.2, 0.25) is 0 Å². The van der Waals surface area contributed by atoms with Gasteiger partial charge in [-0.1, -0.05) is 24.3 Å². The number of rotatable bonds is 11. The number of methoxy groups -OCH3 is 1. The minimum atomic E-state index is 0.648. The molecule has 1 aromatic carbocycles. The van der Waals surface area contributed by atoms with E-state index < -0.39 is 0 Å². The van der Waals surface area contributed by atoms with Crippen molar-refractivity contribution in [2.24, 2.45) is 4.99 Å². The smallest absolute Gasteiger partial charge is 0.191 e. The van der Waals surface area contributed by atoms with Crippen LogP contribution in [-0.2, 0) is 22.6 Å². The number of nitrogens with one attached hydrogen (secondary N) is 2. The summed E-state index contributed by atoms with van der Waals surface area (Å²) in [6.45, 7) is 8.81. The molecule has 0 spiro atoms. The third kappa shape index (κ3) is 9.21. The molecule has 130 valence electrons. The monoisotopic (exact) mass is 321 g/mol. The zero-order valence-corrected chi connectivity index (χ0v) is 14.7. The third-order valence-corrected chi connectivity index (χ3v) is 3.31. The van der Waals surface area contributed by atoms with Crippen LogP contribution in [0.25, 0.3) is 0 Å². The van der Waals surface area contributed by atoms with Crippen molar-refractivity contribution in [2.75, 3.05) is 33.4 Å². The minimum absolute atomic E-state index is 0.648. The van der Waals surface area contributed by atoms with E-state index in [0.717, 1.165) is 45.1 Å². The second kappa shape index (κ2) is 12.9. The molecule has 0 fully saturated rings. The Hall–Kier alpha value is -1.59. The lowest BCUT2D eigenvalue weighted by atomic mass is 10.1. The summed E-state index contributed by atoms with van der Waals surface area (Å²) in [7, 11) is 1.71. The van der Waals surface area contributed by atoms with Crippen LogP contribution in [0.5, 0.6) is 0 Å². The number of nitrogens with zero attached hydrogens (tertiary/aromatic N) is 1. The van der Waals surface area contributed by atoms with Gasteiger partial charge in [-0.05, 0) is 37.8 Å². The molecule has 0 aliphatic carbocycles. The molecule has 0 bridgehead atoms. The lowest BCUT2D eigenvalue weighted by Crippen LogP contribution is -2.37. The molecule has 2 N–H and O–H groups in total. The van der Waals surface area contributed by atoms with E-state index in [1.165, 1.54) is 11.1 Å². The van der Waals surface area contributed by atoms with Crippen LogP contribution >= 0.6 is 0 Å². The predicted molar refractivity (Wildman–Crippen MR) is 95.7 cm³/mol. The van der Waals surface area contributed by atoms with Gasteiger partial charge in [0.25, 0.3) is 0 Å². The van der Waals surface area contributed by atoms with Gasteiger partial charge < -0.3 is 20.1 Å². The molecule has 0 aliphatic heterocycles. The summed E-state index contributed by atoms with van der Waals surface area (Å²) in [6.07, 6.45) is 2.15. The molecule has 0 aliphatic rings. The molecular formula is C18H31N3O2. The van der Waals surface area contributed by atoms with Crippen molar-refractivity contribution < 1.29 is 9.47 Å². The molecular weight excluding hydrogens is 290 g/mol. The summed E-state index contributed by atoms with van der Waals surface area (Å²) < 4.78 is 10.5. The van der Waals surface area contributed by atoms with Gasteiger partial charge >= 0.3 is 0 Å². The van der Waals surface area contributed by atoms with Gasteiger partial charge in [0.05, 0.1) is 13.2 Å². The predicted octanol–water partition coefficient (Wildman–Crippen LogP) is 2.70. The first-order chi connectivity index (χ1) is 11.3. The van der Waals surface area contributed by atoms with Crippen molar-refractivity contribution >= 4 is 5.96 Å². The van der Waals surface area contributed by atoms with Crippen LogP contribution < -0.4 is 10.6 Å². The Morgan fingerprint density at radius 1 is 1.04 bits per heavy atom. The van der Waals surface area contributed by atoms with Gasteiger partial charge in [-0.25, -0.2) is 4.99 Å². The van der Waals surface area contributed by atoms with Crippen LogP contribution in [0.15, 0.2) is 29.3 Å². The second-order valence-electron chi connectivity index (χ2n) is 5.28. The molecule has 0 heterocycles. The van der Waals surface area contributed by atoms with E-state index in [-0.39, 0.29) is 0 Å². The lowest BCUT2D eigenvalue weighted by Gasteiger charge is -2.11. The van der Waals surface area contributed by atoms with Gasteiger partial charge in [0.1, 0.15) is 0 Å². The number of unbranched alkanes of at least 4 members (excludes halogenated alkanes) is 1. The number of hydrogen-bond acceptors (Lipinski definition) is 3. The molecule has 0 atom stereocenters. The summed E-state index contributed by atoms with van der Waals surface area (Å²) in [4.78, 5) is 4.63. The summed E-state index contributed by atoms with van der Waals surface area (Å²) in [5.41, 5.74) is 2.37. The average Bonchev–Trinajstić information content (AvgIpc) is 2.57. The van der Waals surface area contributed by atoms with Gasteiger partial charge in [-0.15, -0.1) is 0 Å². The highest BCUT2D eigenvalue weighted by Crippen LogP contribution is 2.06. The largest absolute Gasteiger partial charge is 0.382 e. The summed E-state index contributed by atoms with van der Waals surface area (Å²) >= 11 is 0. The Bertz CT molecular complexity index is 432. The van der Waals surface area contributed by atoms with Crippen LogP contribution in [0, 0.1) is 0 Å². The Kier molecular flexibility index (Phi) is 10.9. The van der Waals surface area contributed by atoms with Crippen LogP contribution in [-0.4, -0.2) is 39.4 Å². The molecule has 0 saturated carbocycles. The maximum atomic E-state index is 5.34. The molecule has 23 heavy (non-hydrogen) atoms. The quantitative estimate of drug-likeness (QED) is 0.374. The molecule has 1 aromatic rings. The zero-order chi connectivity index (χ0) is 16.8. The van der Waals surface area contributed by atoms with E-state index in [0.29, 0.717) is 13.2 Å². The first kappa shape index (κ1) is 19.5. The number of aliphatic imine (C=N–C) groups is 1. The Labute approximate surface area is 140 Å². The second-order valence-corrected chi connectivity index (χ2v) is 5.28. The number of hydrogen-bond donors (Lipinski definition) is 2. The van der Waals surface area contributed by atoms with Gasteiger partial charge in [0.15, 0.2) is 5.96 Å². The van der Waals surface area contributed by atoms with Crippen molar-refractivity contribution in [3.05, 3.63) is 35.4 Å². The minimum Gasteiger partial charge on any atom is -0.382 e. The number of ether oxygens (including phenoxy) is 2. The summed E-state index contributed by atoms with van der Waals surface area (Å²) in [5.74, 6) is 0.866. The first-order valence-corrected chi connectivity index (χ1v) is 8.46. The fourth-order valence-corrected chi connectivity index (χ4v) is 2.10. The van der Waals surface area contributed by atoms with Gasteiger partial charge in [-0.3, -0.25) is 0 Å². The molecule has 5 heteroatoms. The van der Waals surface area contributed by atoms with Crippen molar-refractivity contribution in [3.63, 3.8) is 0 Å². The lowest BCUT2D eigenvalue weighted by molar-refractivity contribution is 0.143.